The topological polar surface area (TPSA) is 52.6 Å². The lowest BCUT2D eigenvalue weighted by molar-refractivity contribution is 0.0992. The lowest BCUT2D eigenvalue weighted by atomic mass is 10.1. The Bertz CT molecular complexity index is 389. The number of ketones is 1. The molecule has 0 fully saturated rings. The number of carbonyl (C=O) groups is 2. The van der Waals surface area contributed by atoms with E-state index >= 15 is 0 Å². The van der Waals surface area contributed by atoms with Crippen LogP contribution in [0.25, 0.3) is 0 Å². The average Bonchev–Trinajstić information content (AvgIpc) is 2.29. The van der Waals surface area contributed by atoms with Crippen LogP contribution in [0.5, 0.6) is 5.75 Å². The number of hydrogen-bond donors (Lipinski definition) is 0. The van der Waals surface area contributed by atoms with Gasteiger partial charge in [0.05, 0.1) is 17.5 Å². The van der Waals surface area contributed by atoms with E-state index in [1.54, 1.807) is 31.2 Å². The second-order valence-corrected chi connectivity index (χ2v) is 3.40. The van der Waals surface area contributed by atoms with Gasteiger partial charge < -0.3 is 9.47 Å². The molecule has 0 atom stereocenters. The van der Waals surface area contributed by atoms with Crippen molar-refractivity contribution in [3.05, 3.63) is 29.8 Å². The summed E-state index contributed by atoms with van der Waals surface area (Å²) in [6.07, 6.45) is -0.808. The van der Waals surface area contributed by atoms with Gasteiger partial charge in [-0.3, -0.25) is 4.79 Å². The molecule has 1 aromatic rings. The van der Waals surface area contributed by atoms with Crippen LogP contribution < -0.4 is 4.74 Å². The van der Waals surface area contributed by atoms with E-state index in [2.05, 4.69) is 20.7 Å². The van der Waals surface area contributed by atoms with Crippen LogP contribution in [0, 0.1) is 0 Å². The molecule has 0 aliphatic rings. The molecule has 5 heteroatoms. The van der Waals surface area contributed by atoms with E-state index in [1.807, 2.05) is 0 Å². The first kappa shape index (κ1) is 12.7. The van der Waals surface area contributed by atoms with Crippen LogP contribution in [-0.4, -0.2) is 23.9 Å². The van der Waals surface area contributed by atoms with Crippen molar-refractivity contribution >= 4 is 27.9 Å². The molecular formula is C11H11BrO4. The molecular weight excluding hydrogens is 276 g/mol. The van der Waals surface area contributed by atoms with Crippen LogP contribution in [0.2, 0.25) is 0 Å². The molecule has 0 aromatic heterocycles. The third kappa shape index (κ3) is 3.34. The van der Waals surface area contributed by atoms with Gasteiger partial charge >= 0.3 is 6.16 Å². The standard InChI is InChI=1S/C11H11BrO4/c1-2-15-11(14)16-10-6-4-3-5-8(10)9(13)7-12/h3-6H,2,7H2,1H3. The van der Waals surface area contributed by atoms with E-state index in [0.717, 1.165) is 0 Å². The Labute approximate surface area is 102 Å². The summed E-state index contributed by atoms with van der Waals surface area (Å²) in [4.78, 5) is 22.6. The molecule has 0 saturated carbocycles. The summed E-state index contributed by atoms with van der Waals surface area (Å²) in [7, 11) is 0. The van der Waals surface area contributed by atoms with Crippen LogP contribution in [-0.2, 0) is 4.74 Å². The van der Waals surface area contributed by atoms with E-state index < -0.39 is 6.16 Å². The first-order valence-electron chi connectivity index (χ1n) is 4.71. The smallest absolute Gasteiger partial charge is 0.434 e. The third-order valence-corrected chi connectivity index (χ3v) is 2.27. The highest BCUT2D eigenvalue weighted by Crippen LogP contribution is 2.19. The number of rotatable bonds is 4. The Kier molecular flexibility index (Phi) is 4.98. The van der Waals surface area contributed by atoms with Crippen molar-refractivity contribution in [3.8, 4) is 5.75 Å². The zero-order valence-corrected chi connectivity index (χ0v) is 10.3. The van der Waals surface area contributed by atoms with Gasteiger partial charge in [0.2, 0.25) is 0 Å². The van der Waals surface area contributed by atoms with Gasteiger partial charge in [-0.25, -0.2) is 4.79 Å². The minimum absolute atomic E-state index is 0.153. The fraction of sp³-hybridized carbons (Fsp3) is 0.273. The highest BCUT2D eigenvalue weighted by molar-refractivity contribution is 9.09. The molecule has 0 aliphatic heterocycles. The zero-order chi connectivity index (χ0) is 12.0. The third-order valence-electron chi connectivity index (χ3n) is 1.76. The van der Waals surface area contributed by atoms with Crippen LogP contribution in [0.15, 0.2) is 24.3 Å². The lowest BCUT2D eigenvalue weighted by Crippen LogP contribution is -2.13. The first-order chi connectivity index (χ1) is 7.69. The molecule has 0 saturated heterocycles. The summed E-state index contributed by atoms with van der Waals surface area (Å²) >= 11 is 3.06. The Morgan fingerprint density at radius 2 is 2.00 bits per heavy atom. The SMILES string of the molecule is CCOC(=O)Oc1ccccc1C(=O)CBr. The van der Waals surface area contributed by atoms with E-state index in [1.165, 1.54) is 0 Å². The van der Waals surface area contributed by atoms with Crippen LogP contribution in [0.4, 0.5) is 4.79 Å². The minimum atomic E-state index is -0.808. The Morgan fingerprint density at radius 3 is 2.62 bits per heavy atom. The fourth-order valence-corrected chi connectivity index (χ4v) is 1.40. The second kappa shape index (κ2) is 6.27. The molecule has 0 unspecified atom stereocenters. The van der Waals surface area contributed by atoms with Gasteiger partial charge in [0, 0.05) is 0 Å². The number of Topliss-reactive ketones (excluding diaryl/α,β-unsaturated/α-hetero) is 1. The van der Waals surface area contributed by atoms with E-state index in [0.29, 0.717) is 5.56 Å². The maximum Gasteiger partial charge on any atom is 0.513 e. The molecule has 0 heterocycles. The van der Waals surface area contributed by atoms with Crippen molar-refractivity contribution in [3.63, 3.8) is 0 Å². The number of halogens is 1. The largest absolute Gasteiger partial charge is 0.513 e. The lowest BCUT2D eigenvalue weighted by Gasteiger charge is -2.07. The Hall–Kier alpha value is -1.36. The molecule has 0 bridgehead atoms. The number of alkyl halides is 1. The molecule has 1 aromatic carbocycles. The summed E-state index contributed by atoms with van der Waals surface area (Å²) in [6.45, 7) is 1.91. The summed E-state index contributed by atoms with van der Waals surface area (Å²) in [5, 5.41) is 0.177. The van der Waals surface area contributed by atoms with Crippen molar-refractivity contribution in [2.75, 3.05) is 11.9 Å². The molecule has 16 heavy (non-hydrogen) atoms. The predicted molar refractivity (Wildman–Crippen MR) is 62.2 cm³/mol. The van der Waals surface area contributed by atoms with Crippen molar-refractivity contribution in [2.45, 2.75) is 6.92 Å². The normalized spacial score (nSPS) is 9.62. The molecule has 0 spiro atoms. The maximum atomic E-state index is 11.5. The zero-order valence-electron chi connectivity index (χ0n) is 8.73. The first-order valence-corrected chi connectivity index (χ1v) is 5.84. The van der Waals surface area contributed by atoms with E-state index in [-0.39, 0.29) is 23.5 Å². The molecule has 0 radical (unpaired) electrons. The quantitative estimate of drug-likeness (QED) is 0.370. The Balaban J connectivity index is 2.87. The maximum absolute atomic E-state index is 11.5. The van der Waals surface area contributed by atoms with Gasteiger partial charge in [0.15, 0.2) is 5.78 Å². The van der Waals surface area contributed by atoms with E-state index in [4.69, 9.17) is 4.74 Å². The van der Waals surface area contributed by atoms with Crippen LogP contribution in [0.3, 0.4) is 0 Å². The number of para-hydroxylation sites is 1. The summed E-state index contributed by atoms with van der Waals surface area (Å²) in [5.74, 6) is 0.0605. The number of hydrogen-bond acceptors (Lipinski definition) is 4. The van der Waals surface area contributed by atoms with Gasteiger partial charge in [-0.15, -0.1) is 0 Å². The molecule has 0 aliphatic carbocycles. The highest BCUT2D eigenvalue weighted by Gasteiger charge is 2.14. The number of ether oxygens (including phenoxy) is 2. The monoisotopic (exact) mass is 286 g/mol. The van der Waals surface area contributed by atoms with Crippen molar-refractivity contribution in [2.24, 2.45) is 0 Å². The van der Waals surface area contributed by atoms with Crippen LogP contribution >= 0.6 is 15.9 Å². The Morgan fingerprint density at radius 1 is 1.31 bits per heavy atom. The average molecular weight is 287 g/mol. The molecule has 0 amide bonds. The molecule has 4 nitrogen and oxygen atoms in total. The summed E-state index contributed by atoms with van der Waals surface area (Å²) in [6, 6.07) is 6.53. The predicted octanol–water partition coefficient (Wildman–Crippen LogP) is 2.80. The van der Waals surface area contributed by atoms with Gasteiger partial charge in [-0.1, -0.05) is 28.1 Å². The minimum Gasteiger partial charge on any atom is -0.434 e. The number of benzene rings is 1. The van der Waals surface area contributed by atoms with Gasteiger partial charge in [0.25, 0.3) is 0 Å². The molecule has 1 rings (SSSR count). The molecule has 86 valence electrons. The summed E-state index contributed by atoms with van der Waals surface area (Å²) in [5.41, 5.74) is 0.354. The second-order valence-electron chi connectivity index (χ2n) is 2.84. The van der Waals surface area contributed by atoms with Crippen molar-refractivity contribution in [1.29, 1.82) is 0 Å². The van der Waals surface area contributed by atoms with Crippen molar-refractivity contribution in [1.82, 2.24) is 0 Å². The van der Waals surface area contributed by atoms with Gasteiger partial charge in [-0.2, -0.15) is 0 Å². The fourth-order valence-electron chi connectivity index (χ4n) is 1.10. The van der Waals surface area contributed by atoms with Gasteiger partial charge in [0.1, 0.15) is 5.75 Å². The summed E-state index contributed by atoms with van der Waals surface area (Å²) < 4.78 is 9.54. The van der Waals surface area contributed by atoms with Crippen LogP contribution in [0.1, 0.15) is 17.3 Å². The molecule has 0 N–H and O–H groups in total. The van der Waals surface area contributed by atoms with Crippen molar-refractivity contribution < 1.29 is 19.1 Å². The van der Waals surface area contributed by atoms with E-state index in [9.17, 15) is 9.59 Å². The highest BCUT2D eigenvalue weighted by atomic mass is 79.9. The number of carbonyl (C=O) groups excluding carboxylic acids is 2. The van der Waals surface area contributed by atoms with Gasteiger partial charge in [-0.05, 0) is 19.1 Å².